The van der Waals surface area contributed by atoms with Crippen LogP contribution >= 0.6 is 0 Å². The molecule has 104 valence electrons. The van der Waals surface area contributed by atoms with E-state index in [2.05, 4.69) is 36.0 Å². The van der Waals surface area contributed by atoms with Gasteiger partial charge in [0, 0.05) is 27.2 Å². The van der Waals surface area contributed by atoms with Crippen molar-refractivity contribution in [2.24, 2.45) is 5.41 Å². The largest absolute Gasteiger partial charge is 0.481 e. The fourth-order valence-corrected chi connectivity index (χ4v) is 2.43. The minimum Gasteiger partial charge on any atom is -0.481 e. The van der Waals surface area contributed by atoms with Gasteiger partial charge in [0.1, 0.15) is 0 Å². The van der Waals surface area contributed by atoms with Crippen molar-refractivity contribution in [3.8, 4) is 0 Å². The van der Waals surface area contributed by atoms with Crippen LogP contribution in [-0.2, 0) is 11.2 Å². The maximum absolute atomic E-state index is 11.2. The Balaban J connectivity index is 2.31. The van der Waals surface area contributed by atoms with Crippen LogP contribution in [-0.4, -0.2) is 38.3 Å². The van der Waals surface area contributed by atoms with Crippen molar-refractivity contribution in [3.05, 3.63) is 23.8 Å². The highest BCUT2D eigenvalue weighted by atomic mass is 16.4. The number of likely N-dealkylation sites (N-methyl/N-ethyl adjacent to an activating group) is 2. The number of anilines is 2. The first kappa shape index (κ1) is 13.7. The molecule has 0 amide bonds. The number of hydrogen-bond acceptors (Lipinski definition) is 3. The molecule has 0 bridgehead atoms. The normalized spacial score (nSPS) is 15.4. The van der Waals surface area contributed by atoms with Crippen LogP contribution in [0, 0.1) is 5.41 Å². The Morgan fingerprint density at radius 2 is 1.79 bits per heavy atom. The van der Waals surface area contributed by atoms with Crippen LogP contribution in [0.3, 0.4) is 0 Å². The predicted molar refractivity (Wildman–Crippen MR) is 78.1 cm³/mol. The number of carbonyl (C=O) groups is 1. The zero-order valence-corrected chi connectivity index (χ0v) is 12.1. The number of carboxylic acids is 1. The number of rotatable bonds is 3. The van der Waals surface area contributed by atoms with Gasteiger partial charge in [-0.15, -0.1) is 0 Å². The van der Waals surface area contributed by atoms with Crippen LogP contribution in [0.1, 0.15) is 19.4 Å². The molecule has 1 aromatic rings. The molecular formula is C15H22N2O2. The van der Waals surface area contributed by atoms with Gasteiger partial charge in [0.05, 0.1) is 16.8 Å². The zero-order valence-electron chi connectivity index (χ0n) is 12.1. The first-order valence-electron chi connectivity index (χ1n) is 6.60. The molecule has 1 N–H and O–H groups in total. The smallest absolute Gasteiger partial charge is 0.309 e. The number of carboxylic acid groups (broad SMARTS) is 1. The molecule has 0 saturated carbocycles. The predicted octanol–water partition coefficient (Wildman–Crippen LogP) is 2.23. The third kappa shape index (κ3) is 2.67. The molecule has 0 saturated heterocycles. The molecule has 4 nitrogen and oxygen atoms in total. The Kier molecular flexibility index (Phi) is 3.43. The molecule has 4 heteroatoms. The minimum absolute atomic E-state index is 0.549. The van der Waals surface area contributed by atoms with Gasteiger partial charge in [0.2, 0.25) is 0 Å². The summed E-state index contributed by atoms with van der Waals surface area (Å²) in [5.74, 6) is -0.754. The summed E-state index contributed by atoms with van der Waals surface area (Å²) in [5.41, 5.74) is 2.75. The standard InChI is InChI=1S/C15H22N2O2/c1-15(2,14(18)19)10-11-5-6-12-13(9-11)17(4)8-7-16(12)3/h5-6,9H,7-8,10H2,1-4H3,(H,18,19). The lowest BCUT2D eigenvalue weighted by molar-refractivity contribution is -0.146. The Morgan fingerprint density at radius 1 is 1.21 bits per heavy atom. The van der Waals surface area contributed by atoms with E-state index in [0.717, 1.165) is 18.7 Å². The van der Waals surface area contributed by atoms with Crippen LogP contribution in [0.15, 0.2) is 18.2 Å². The lowest BCUT2D eigenvalue weighted by atomic mass is 9.85. The van der Waals surface area contributed by atoms with Crippen LogP contribution in [0.4, 0.5) is 11.4 Å². The summed E-state index contributed by atoms with van der Waals surface area (Å²) >= 11 is 0. The molecule has 0 spiro atoms. The molecule has 0 radical (unpaired) electrons. The van der Waals surface area contributed by atoms with Crippen molar-refractivity contribution in [1.82, 2.24) is 0 Å². The molecule has 1 heterocycles. The van der Waals surface area contributed by atoms with Crippen LogP contribution in [0.2, 0.25) is 0 Å². The third-order valence-electron chi connectivity index (χ3n) is 3.86. The molecule has 0 unspecified atom stereocenters. The molecule has 0 aromatic heterocycles. The van der Waals surface area contributed by atoms with Gasteiger partial charge >= 0.3 is 5.97 Å². The Hall–Kier alpha value is -1.71. The minimum atomic E-state index is -0.754. The molecule has 0 aliphatic carbocycles. The summed E-state index contributed by atoms with van der Waals surface area (Å²) < 4.78 is 0. The van der Waals surface area contributed by atoms with E-state index in [1.807, 2.05) is 6.07 Å². The molecule has 1 aromatic carbocycles. The van der Waals surface area contributed by atoms with Crippen LogP contribution < -0.4 is 9.80 Å². The lowest BCUT2D eigenvalue weighted by Gasteiger charge is -2.35. The van der Waals surface area contributed by atoms with Crippen molar-refractivity contribution in [2.75, 3.05) is 37.0 Å². The van der Waals surface area contributed by atoms with Gasteiger partial charge in [-0.25, -0.2) is 0 Å². The highest BCUT2D eigenvalue weighted by Crippen LogP contribution is 2.34. The van der Waals surface area contributed by atoms with Gasteiger partial charge in [-0.3, -0.25) is 4.79 Å². The number of benzene rings is 1. The second-order valence-electron chi connectivity index (χ2n) is 6.03. The van der Waals surface area contributed by atoms with Gasteiger partial charge < -0.3 is 14.9 Å². The fourth-order valence-electron chi connectivity index (χ4n) is 2.43. The molecule has 2 rings (SSSR count). The number of nitrogens with zero attached hydrogens (tertiary/aromatic N) is 2. The van der Waals surface area contributed by atoms with E-state index in [1.165, 1.54) is 11.4 Å². The van der Waals surface area contributed by atoms with Crippen molar-refractivity contribution in [3.63, 3.8) is 0 Å². The van der Waals surface area contributed by atoms with Gasteiger partial charge in [-0.1, -0.05) is 6.07 Å². The summed E-state index contributed by atoms with van der Waals surface area (Å²) in [6.45, 7) is 5.55. The lowest BCUT2D eigenvalue weighted by Crippen LogP contribution is -2.37. The van der Waals surface area contributed by atoms with Gasteiger partial charge in [0.15, 0.2) is 0 Å². The van der Waals surface area contributed by atoms with E-state index >= 15 is 0 Å². The van der Waals surface area contributed by atoms with Crippen molar-refractivity contribution >= 4 is 17.3 Å². The van der Waals surface area contributed by atoms with E-state index in [0.29, 0.717) is 6.42 Å². The maximum Gasteiger partial charge on any atom is 0.309 e. The van der Waals surface area contributed by atoms with Crippen LogP contribution in [0.5, 0.6) is 0 Å². The van der Waals surface area contributed by atoms with E-state index in [-0.39, 0.29) is 0 Å². The molecule has 1 aliphatic rings. The monoisotopic (exact) mass is 262 g/mol. The average molecular weight is 262 g/mol. The Bertz CT molecular complexity index is 497. The Morgan fingerprint density at radius 3 is 2.37 bits per heavy atom. The number of aliphatic carboxylic acids is 1. The molecule has 1 aliphatic heterocycles. The van der Waals surface area contributed by atoms with E-state index < -0.39 is 11.4 Å². The first-order valence-corrected chi connectivity index (χ1v) is 6.60. The highest BCUT2D eigenvalue weighted by molar-refractivity contribution is 5.76. The summed E-state index contributed by atoms with van der Waals surface area (Å²) in [4.78, 5) is 15.7. The zero-order chi connectivity index (χ0) is 14.2. The van der Waals surface area contributed by atoms with Gasteiger partial charge in [-0.2, -0.15) is 0 Å². The maximum atomic E-state index is 11.2. The molecule has 19 heavy (non-hydrogen) atoms. The summed E-state index contributed by atoms with van der Waals surface area (Å²) in [6.07, 6.45) is 0.549. The second kappa shape index (κ2) is 4.76. The van der Waals surface area contributed by atoms with Crippen molar-refractivity contribution < 1.29 is 9.90 Å². The molecule has 0 atom stereocenters. The van der Waals surface area contributed by atoms with Gasteiger partial charge in [-0.05, 0) is 38.0 Å². The van der Waals surface area contributed by atoms with E-state index in [1.54, 1.807) is 13.8 Å². The van der Waals surface area contributed by atoms with Crippen LogP contribution in [0.25, 0.3) is 0 Å². The quantitative estimate of drug-likeness (QED) is 0.907. The number of hydrogen-bond donors (Lipinski definition) is 1. The average Bonchev–Trinajstić information content (AvgIpc) is 2.33. The van der Waals surface area contributed by atoms with E-state index in [4.69, 9.17) is 0 Å². The summed E-state index contributed by atoms with van der Waals surface area (Å²) in [7, 11) is 4.17. The second-order valence-corrected chi connectivity index (χ2v) is 6.03. The van der Waals surface area contributed by atoms with E-state index in [9.17, 15) is 9.90 Å². The van der Waals surface area contributed by atoms with Crippen molar-refractivity contribution in [2.45, 2.75) is 20.3 Å². The summed E-state index contributed by atoms with van der Waals surface area (Å²) in [6, 6.07) is 6.26. The highest BCUT2D eigenvalue weighted by Gasteiger charge is 2.28. The first-order chi connectivity index (χ1) is 8.81. The van der Waals surface area contributed by atoms with Gasteiger partial charge in [0.25, 0.3) is 0 Å². The SMILES string of the molecule is CN1CCN(C)c2cc(CC(C)(C)C(=O)O)ccc21. The fraction of sp³-hybridized carbons (Fsp3) is 0.533. The summed E-state index contributed by atoms with van der Waals surface area (Å²) in [5, 5.41) is 9.22. The molecule has 0 fully saturated rings. The molecular weight excluding hydrogens is 240 g/mol. The number of fused-ring (bicyclic) bond motifs is 1. The third-order valence-corrected chi connectivity index (χ3v) is 3.86. The topological polar surface area (TPSA) is 43.8 Å². The Labute approximate surface area is 114 Å². The van der Waals surface area contributed by atoms with Crippen molar-refractivity contribution in [1.29, 1.82) is 0 Å².